The Bertz CT molecular complexity index is 374. The fourth-order valence-corrected chi connectivity index (χ4v) is 1.91. The smallest absolute Gasteiger partial charge is 0.312 e. The lowest BCUT2D eigenvalue weighted by Crippen LogP contribution is -2.32. The van der Waals surface area contributed by atoms with Crippen LogP contribution in [-0.2, 0) is 11.3 Å². The van der Waals surface area contributed by atoms with Crippen LogP contribution in [0.25, 0.3) is 0 Å². The molecule has 0 unspecified atom stereocenters. The highest BCUT2D eigenvalue weighted by Gasteiger charge is 2.25. The molecule has 0 fully saturated rings. The van der Waals surface area contributed by atoms with E-state index >= 15 is 0 Å². The van der Waals surface area contributed by atoms with Crippen molar-refractivity contribution in [1.29, 1.82) is 0 Å². The third-order valence-electron chi connectivity index (χ3n) is 2.64. The maximum Gasteiger partial charge on any atom is 0.312 e. The molecule has 1 aromatic rings. The maximum atomic E-state index is 11.0. The highest BCUT2D eigenvalue weighted by Crippen LogP contribution is 2.24. The van der Waals surface area contributed by atoms with E-state index in [0.29, 0.717) is 6.54 Å². The van der Waals surface area contributed by atoms with E-state index < -0.39 is 5.97 Å². The third kappa shape index (κ3) is 1.51. The zero-order valence-electron chi connectivity index (χ0n) is 8.08. The van der Waals surface area contributed by atoms with Crippen LogP contribution in [0.2, 0.25) is 0 Å². The molecule has 0 aliphatic carbocycles. The summed E-state index contributed by atoms with van der Waals surface area (Å²) in [5.41, 5.74) is 3.25. The van der Waals surface area contributed by atoms with Crippen LogP contribution in [0.3, 0.4) is 0 Å². The zero-order valence-corrected chi connectivity index (χ0v) is 8.08. The summed E-state index contributed by atoms with van der Waals surface area (Å²) in [7, 11) is 0. The number of fused-ring (bicyclic) bond motifs is 1. The molecular formula is C11H13NO2. The quantitative estimate of drug-likeness (QED) is 0.702. The van der Waals surface area contributed by atoms with Crippen LogP contribution in [-0.4, -0.2) is 17.6 Å². The summed E-state index contributed by atoms with van der Waals surface area (Å²) in [6.45, 7) is 3.33. The van der Waals surface area contributed by atoms with E-state index in [0.717, 1.165) is 17.7 Å². The predicted molar refractivity (Wildman–Crippen MR) is 53.3 cm³/mol. The summed E-state index contributed by atoms with van der Waals surface area (Å²) < 4.78 is 0. The number of aryl methyl sites for hydroxylation is 1. The summed E-state index contributed by atoms with van der Waals surface area (Å²) in [6, 6.07) is 5.96. The van der Waals surface area contributed by atoms with Gasteiger partial charge in [-0.3, -0.25) is 4.79 Å². The van der Waals surface area contributed by atoms with E-state index in [1.807, 2.05) is 19.1 Å². The Morgan fingerprint density at radius 3 is 3.07 bits per heavy atom. The first-order valence-electron chi connectivity index (χ1n) is 4.71. The van der Waals surface area contributed by atoms with Crippen molar-refractivity contribution in [2.45, 2.75) is 19.4 Å². The Labute approximate surface area is 82.8 Å². The molecule has 1 aliphatic rings. The number of hydrogen-bond donors (Lipinski definition) is 2. The molecular weight excluding hydrogens is 178 g/mol. The first kappa shape index (κ1) is 9.21. The molecule has 1 aromatic carbocycles. The predicted octanol–water partition coefficient (Wildman–Crippen LogP) is 1.27. The summed E-state index contributed by atoms with van der Waals surface area (Å²) in [6.07, 6.45) is 0. The largest absolute Gasteiger partial charge is 0.481 e. The van der Waals surface area contributed by atoms with E-state index in [2.05, 4.69) is 11.4 Å². The van der Waals surface area contributed by atoms with Crippen LogP contribution < -0.4 is 5.32 Å². The average molecular weight is 191 g/mol. The molecule has 0 spiro atoms. The van der Waals surface area contributed by atoms with E-state index in [1.165, 1.54) is 5.56 Å². The van der Waals surface area contributed by atoms with Crippen molar-refractivity contribution in [3.05, 3.63) is 34.9 Å². The van der Waals surface area contributed by atoms with Gasteiger partial charge >= 0.3 is 5.97 Å². The average Bonchev–Trinajstić information content (AvgIpc) is 2.16. The Morgan fingerprint density at radius 2 is 2.36 bits per heavy atom. The molecule has 74 valence electrons. The van der Waals surface area contributed by atoms with Crippen LogP contribution in [0.15, 0.2) is 18.2 Å². The lowest BCUT2D eigenvalue weighted by molar-refractivity contribution is -0.138. The molecule has 14 heavy (non-hydrogen) atoms. The van der Waals surface area contributed by atoms with Gasteiger partial charge in [-0.1, -0.05) is 23.8 Å². The van der Waals surface area contributed by atoms with Crippen molar-refractivity contribution < 1.29 is 9.90 Å². The molecule has 3 nitrogen and oxygen atoms in total. The van der Waals surface area contributed by atoms with E-state index in [4.69, 9.17) is 5.11 Å². The SMILES string of the molecule is Cc1ccc2c(c1)CNC[C@H]2C(=O)O. The molecule has 0 bridgehead atoms. The first-order chi connectivity index (χ1) is 6.68. The Balaban J connectivity index is 2.44. The second kappa shape index (κ2) is 3.42. The molecule has 0 saturated heterocycles. The number of carboxylic acids is 1. The molecule has 1 aliphatic heterocycles. The number of rotatable bonds is 1. The standard InChI is InChI=1S/C11H13NO2/c1-7-2-3-9-8(4-7)5-12-6-10(9)11(13)14/h2-4,10,12H,5-6H2,1H3,(H,13,14)/t10-/m1/s1. The van der Waals surface area contributed by atoms with Crippen LogP contribution >= 0.6 is 0 Å². The minimum absolute atomic E-state index is 0.389. The van der Waals surface area contributed by atoms with Gasteiger partial charge in [-0.25, -0.2) is 0 Å². The van der Waals surface area contributed by atoms with Gasteiger partial charge in [0.15, 0.2) is 0 Å². The highest BCUT2D eigenvalue weighted by molar-refractivity contribution is 5.77. The van der Waals surface area contributed by atoms with Gasteiger partial charge in [-0.2, -0.15) is 0 Å². The van der Waals surface area contributed by atoms with Crippen molar-refractivity contribution in [3.8, 4) is 0 Å². The van der Waals surface area contributed by atoms with Crippen molar-refractivity contribution in [2.24, 2.45) is 0 Å². The summed E-state index contributed by atoms with van der Waals surface area (Å²) in [5, 5.41) is 12.1. The molecule has 1 atom stereocenters. The number of carboxylic acid groups (broad SMARTS) is 1. The Morgan fingerprint density at radius 1 is 1.57 bits per heavy atom. The Hall–Kier alpha value is -1.35. The second-order valence-electron chi connectivity index (χ2n) is 3.72. The van der Waals surface area contributed by atoms with E-state index in [-0.39, 0.29) is 5.92 Å². The van der Waals surface area contributed by atoms with Gasteiger partial charge in [0, 0.05) is 13.1 Å². The fraction of sp³-hybridized carbons (Fsp3) is 0.364. The summed E-state index contributed by atoms with van der Waals surface area (Å²) >= 11 is 0. The van der Waals surface area contributed by atoms with E-state index in [9.17, 15) is 4.79 Å². The summed E-state index contributed by atoms with van der Waals surface area (Å²) in [5.74, 6) is -1.14. The number of benzene rings is 1. The van der Waals surface area contributed by atoms with Gasteiger partial charge in [0.2, 0.25) is 0 Å². The minimum atomic E-state index is -0.748. The minimum Gasteiger partial charge on any atom is -0.481 e. The molecule has 2 rings (SSSR count). The lowest BCUT2D eigenvalue weighted by atomic mass is 9.90. The molecule has 1 heterocycles. The normalized spacial score (nSPS) is 20.2. The van der Waals surface area contributed by atoms with Crippen molar-refractivity contribution in [3.63, 3.8) is 0 Å². The monoisotopic (exact) mass is 191 g/mol. The Kier molecular flexibility index (Phi) is 2.25. The molecule has 0 saturated carbocycles. The maximum absolute atomic E-state index is 11.0. The van der Waals surface area contributed by atoms with Crippen molar-refractivity contribution in [1.82, 2.24) is 5.32 Å². The lowest BCUT2D eigenvalue weighted by Gasteiger charge is -2.23. The molecule has 0 radical (unpaired) electrons. The second-order valence-corrected chi connectivity index (χ2v) is 3.72. The van der Waals surface area contributed by atoms with Gasteiger partial charge in [-0.15, -0.1) is 0 Å². The third-order valence-corrected chi connectivity index (χ3v) is 2.64. The molecule has 0 aromatic heterocycles. The highest BCUT2D eigenvalue weighted by atomic mass is 16.4. The molecule has 2 N–H and O–H groups in total. The van der Waals surface area contributed by atoms with Crippen LogP contribution in [0.4, 0.5) is 0 Å². The van der Waals surface area contributed by atoms with Gasteiger partial charge in [-0.05, 0) is 18.1 Å². The first-order valence-corrected chi connectivity index (χ1v) is 4.71. The fourth-order valence-electron chi connectivity index (χ4n) is 1.91. The molecule has 0 amide bonds. The van der Waals surface area contributed by atoms with Crippen LogP contribution in [0.5, 0.6) is 0 Å². The van der Waals surface area contributed by atoms with Crippen molar-refractivity contribution in [2.75, 3.05) is 6.54 Å². The van der Waals surface area contributed by atoms with Crippen LogP contribution in [0.1, 0.15) is 22.6 Å². The van der Waals surface area contributed by atoms with Gasteiger partial charge < -0.3 is 10.4 Å². The van der Waals surface area contributed by atoms with Gasteiger partial charge in [0.25, 0.3) is 0 Å². The zero-order chi connectivity index (χ0) is 10.1. The molecule has 3 heteroatoms. The van der Waals surface area contributed by atoms with Gasteiger partial charge in [0.1, 0.15) is 0 Å². The van der Waals surface area contributed by atoms with Gasteiger partial charge in [0.05, 0.1) is 5.92 Å². The summed E-state index contributed by atoms with van der Waals surface area (Å²) in [4.78, 5) is 11.0. The number of hydrogen-bond acceptors (Lipinski definition) is 2. The number of carbonyl (C=O) groups is 1. The number of nitrogens with one attached hydrogen (secondary N) is 1. The topological polar surface area (TPSA) is 49.3 Å². The van der Waals surface area contributed by atoms with Crippen LogP contribution in [0, 0.1) is 6.92 Å². The van der Waals surface area contributed by atoms with E-state index in [1.54, 1.807) is 0 Å². The van der Waals surface area contributed by atoms with Crippen molar-refractivity contribution >= 4 is 5.97 Å². The number of aliphatic carboxylic acids is 1.